The van der Waals surface area contributed by atoms with E-state index in [1.165, 1.54) is 11.1 Å². The molecule has 2 fully saturated rings. The van der Waals surface area contributed by atoms with Crippen LogP contribution in [0, 0.1) is 13.8 Å². The maximum Gasteiger partial charge on any atom is 0.255 e. The topological polar surface area (TPSA) is 187 Å². The van der Waals surface area contributed by atoms with Crippen LogP contribution in [0.15, 0.2) is 159 Å². The van der Waals surface area contributed by atoms with E-state index in [2.05, 4.69) is 117 Å². The number of amides is 1. The summed E-state index contributed by atoms with van der Waals surface area (Å²) < 4.78 is 0. The number of likely N-dealkylation sites (N-methyl/N-ethyl adjacent to an activating group) is 2. The molecule has 10 rings (SSSR count). The monoisotopic (exact) mass is 1380 g/mol. The molecule has 0 radical (unpaired) electrons. The number of pyridine rings is 2. The number of carbonyl (C=O) groups is 2. The third-order valence-corrected chi connectivity index (χ3v) is 13.1. The number of aromatic nitrogens is 6. The summed E-state index contributed by atoms with van der Waals surface area (Å²) in [7, 11) is 4.31. The first-order valence-corrected chi connectivity index (χ1v) is 31.7. The van der Waals surface area contributed by atoms with Gasteiger partial charge in [0.15, 0.2) is 0 Å². The molecule has 0 spiro atoms. The number of hydrogen-bond acceptors (Lipinski definition) is 15. The van der Waals surface area contributed by atoms with Gasteiger partial charge in [-0.05, 0) is 147 Å². The zero-order valence-electron chi connectivity index (χ0n) is 44.4. The number of nitrogens with zero attached hydrogens (tertiary/aromatic N) is 10. The number of nitrogens with two attached hydrogens (primary N) is 1. The number of piperazine rings is 2. The van der Waals surface area contributed by atoms with Crippen LogP contribution in [0.3, 0.4) is 0 Å². The molecule has 21 heteroatoms. The highest BCUT2D eigenvalue weighted by Gasteiger charge is 2.16. The maximum absolute atomic E-state index is 12.9. The second kappa shape index (κ2) is 35.8. The van der Waals surface area contributed by atoms with Crippen molar-refractivity contribution in [3.8, 4) is 22.5 Å². The summed E-state index contributed by atoms with van der Waals surface area (Å²) in [4.78, 5) is 59.4. The first kappa shape index (κ1) is 69.3. The van der Waals surface area contributed by atoms with E-state index in [0.717, 1.165) is 110 Å². The molecule has 8 aromatic rings. The first-order chi connectivity index (χ1) is 37.4. The lowest BCUT2D eigenvalue weighted by Crippen LogP contribution is -2.43. The number of carbonyl (C=O) groups excluding carboxylic acids is 2. The van der Waals surface area contributed by atoms with Crippen molar-refractivity contribution in [3.63, 3.8) is 0 Å². The van der Waals surface area contributed by atoms with Crippen molar-refractivity contribution < 1.29 is 9.59 Å². The number of benzene rings is 4. The van der Waals surface area contributed by atoms with Crippen molar-refractivity contribution in [2.75, 3.05) is 88.1 Å². The molecular weight excluding hydrogens is 1310 g/mol. The molecule has 2 aliphatic rings. The molecule has 0 bridgehead atoms. The van der Waals surface area contributed by atoms with E-state index >= 15 is 0 Å². The van der Waals surface area contributed by atoms with Crippen molar-refractivity contribution in [2.45, 2.75) is 41.8 Å². The van der Waals surface area contributed by atoms with Gasteiger partial charge in [-0.1, -0.05) is 51.3 Å². The summed E-state index contributed by atoms with van der Waals surface area (Å²) in [6.45, 7) is 14.6. The number of anilines is 6. The number of nitrogens with one attached hydrogen (secondary N) is 3. The lowest BCUT2D eigenvalue weighted by molar-refractivity contribution is 0.102. The van der Waals surface area contributed by atoms with E-state index in [-0.39, 0.29) is 45.6 Å². The van der Waals surface area contributed by atoms with Crippen molar-refractivity contribution in [2.24, 2.45) is 0 Å². The molecule has 16 nitrogen and oxygen atoms in total. The van der Waals surface area contributed by atoms with Gasteiger partial charge in [-0.2, -0.15) is 0 Å². The van der Waals surface area contributed by atoms with E-state index in [1.807, 2.05) is 123 Å². The van der Waals surface area contributed by atoms with Crippen LogP contribution in [0.1, 0.15) is 57.8 Å². The van der Waals surface area contributed by atoms with Gasteiger partial charge in [-0.3, -0.25) is 29.4 Å². The van der Waals surface area contributed by atoms with E-state index < -0.39 is 5.24 Å². The van der Waals surface area contributed by atoms with Crippen LogP contribution in [0.4, 0.5) is 34.6 Å². The van der Waals surface area contributed by atoms with E-state index in [0.29, 0.717) is 34.4 Å². The number of halogens is 5. The molecule has 6 heterocycles. The van der Waals surface area contributed by atoms with Crippen LogP contribution >= 0.6 is 73.6 Å². The third-order valence-electron chi connectivity index (χ3n) is 12.9. The van der Waals surface area contributed by atoms with Gasteiger partial charge in [0.1, 0.15) is 0 Å². The normalized spacial score (nSPS) is 13.1. The Balaban J connectivity index is 0.000000334. The fourth-order valence-corrected chi connectivity index (χ4v) is 8.40. The van der Waals surface area contributed by atoms with E-state index in [4.69, 9.17) is 17.3 Å². The van der Waals surface area contributed by atoms with Gasteiger partial charge in [0, 0.05) is 185 Å². The zero-order chi connectivity index (χ0) is 54.5. The summed E-state index contributed by atoms with van der Waals surface area (Å²) in [6.07, 6.45) is 10.4. The molecule has 4 aromatic heterocycles. The largest absolute Gasteiger partial charge is 0.399 e. The minimum absolute atomic E-state index is 0. The summed E-state index contributed by atoms with van der Waals surface area (Å²) in [5.41, 5.74) is 18.1. The average molecular weight is 1380 g/mol. The highest BCUT2D eigenvalue weighted by atomic mass is 128. The number of rotatable bonds is 13. The van der Waals surface area contributed by atoms with Gasteiger partial charge >= 0.3 is 0 Å². The van der Waals surface area contributed by atoms with Crippen LogP contribution in [0.5, 0.6) is 0 Å². The molecule has 0 unspecified atom stereocenters. The fraction of sp³-hybridized carbons (Fsp3) is 0.267. The fourth-order valence-electron chi connectivity index (χ4n) is 8.27. The molecule has 2 aliphatic heterocycles. The number of aryl methyl sites for hydroxylation is 2. The molecule has 430 valence electrons. The summed E-state index contributed by atoms with van der Waals surface area (Å²) in [5.74, 6) is 0.865. The van der Waals surface area contributed by atoms with E-state index in [9.17, 15) is 9.59 Å². The van der Waals surface area contributed by atoms with Gasteiger partial charge in [-0.25, -0.2) is 19.9 Å². The predicted molar refractivity (Wildman–Crippen MR) is 356 cm³/mol. The Morgan fingerprint density at radius 2 is 1.00 bits per heavy atom. The van der Waals surface area contributed by atoms with Crippen molar-refractivity contribution in [1.82, 2.24) is 49.5 Å². The quantitative estimate of drug-likeness (QED) is 0.0485. The van der Waals surface area contributed by atoms with E-state index in [1.54, 1.807) is 49.3 Å². The molecule has 1 amide bonds. The highest BCUT2D eigenvalue weighted by Crippen LogP contribution is 2.26. The van der Waals surface area contributed by atoms with Crippen LogP contribution in [0.2, 0.25) is 0 Å². The summed E-state index contributed by atoms with van der Waals surface area (Å²) >= 11 is 9.65. The van der Waals surface area contributed by atoms with Crippen LogP contribution in [0.25, 0.3) is 22.5 Å². The Hall–Kier alpha value is -5.95. The Morgan fingerprint density at radius 1 is 0.568 bits per heavy atom. The average Bonchev–Trinajstić information content (AvgIpc) is 3.46. The summed E-state index contributed by atoms with van der Waals surface area (Å²) in [5, 5.41) is 9.10. The third kappa shape index (κ3) is 22.0. The molecule has 2 saturated heterocycles. The van der Waals surface area contributed by atoms with Crippen molar-refractivity contribution >= 4 is 119 Å². The molecule has 81 heavy (non-hydrogen) atoms. The first-order valence-electron chi connectivity index (χ1n) is 25.0. The van der Waals surface area contributed by atoms with Crippen molar-refractivity contribution in [3.05, 3.63) is 192 Å². The second-order valence-corrected chi connectivity index (χ2v) is 19.0. The van der Waals surface area contributed by atoms with Crippen molar-refractivity contribution in [1.29, 1.82) is 0 Å². The molecule has 5 N–H and O–H groups in total. The standard InChI is InChI=1S/C29H31N7O.C16H15N5.C13H17ClN2O.2CH4.2ClH.I2/c1-21-5-10-25(18-27(21)34-29-31-13-11-26(33-29)24-4-3-12-30-19-24)32-28(37)23-8-6-22(7-9-23)20-36-16-14-35(2)15-17-36;1-11-4-5-13(17)9-15(11)21-16-19-8-6-14(20-16)12-3-2-7-18-10-12;1-15-6-8-16(9-7-15)10-11-2-4-12(5-3-11)13(14)17;;;;;1-2/h3-13,18-19H,14-17,20H2,1-2H3,(H,32,37)(H,31,33,34);2-10H,17H2,1H3,(H,19,20,21);2-5H,6-10H2,1H3;2*1H4;2*1H;. The molecule has 0 aliphatic carbocycles. The van der Waals surface area contributed by atoms with Gasteiger partial charge in [0.05, 0.1) is 11.4 Å². The Labute approximate surface area is 518 Å². The molecule has 0 saturated carbocycles. The van der Waals surface area contributed by atoms with Gasteiger partial charge in [0.25, 0.3) is 11.1 Å². The maximum atomic E-state index is 12.9. The molecular formula is C60H73Cl3I2N14O2. The Morgan fingerprint density at radius 3 is 1.43 bits per heavy atom. The predicted octanol–water partition coefficient (Wildman–Crippen LogP) is 13.5. The lowest BCUT2D eigenvalue weighted by Gasteiger charge is -2.32. The zero-order valence-corrected chi connectivity index (χ0v) is 51.1. The number of nitrogen functional groups attached to an aromatic ring is 1. The van der Waals surface area contributed by atoms with Gasteiger partial charge in [-0.15, -0.1) is 24.8 Å². The van der Waals surface area contributed by atoms with Crippen LogP contribution in [-0.2, 0) is 13.1 Å². The van der Waals surface area contributed by atoms with Gasteiger partial charge in [0.2, 0.25) is 11.9 Å². The highest BCUT2D eigenvalue weighted by molar-refractivity contribution is 15.0. The second-order valence-electron chi connectivity index (χ2n) is 18.6. The lowest BCUT2D eigenvalue weighted by atomic mass is 10.1. The van der Waals surface area contributed by atoms with Crippen LogP contribution in [-0.4, -0.2) is 127 Å². The summed E-state index contributed by atoms with van der Waals surface area (Å²) in [6, 6.07) is 38.3. The Kier molecular flexibility index (Phi) is 30.6. The Bertz CT molecular complexity index is 3140. The minimum atomic E-state index is -0.392. The molecule has 0 atom stereocenters. The SMILES string of the molecule is C.C.CN1CCN(Cc2ccc(C(=O)Cl)cc2)CC1.Cc1ccc(N)cc1Nc1nccc(-c2cccnc2)n1.Cc1ccc(NC(=O)c2ccc(CN3CCN(C)CC3)cc2)cc1Nc1nccc(-c2cccnc2)n1.Cl.Cl.II. The van der Waals surface area contributed by atoms with Crippen LogP contribution < -0.4 is 21.7 Å². The number of hydrogen-bond donors (Lipinski definition) is 4. The molecule has 4 aromatic carbocycles. The minimum Gasteiger partial charge on any atom is -0.399 e. The van der Waals surface area contributed by atoms with Gasteiger partial charge < -0.3 is 31.5 Å². The smallest absolute Gasteiger partial charge is 0.255 e.